The molecule has 0 aliphatic heterocycles. The molecule has 0 radical (unpaired) electrons. The first kappa shape index (κ1) is 23.0. The molecule has 0 aliphatic carbocycles. The highest BCUT2D eigenvalue weighted by Crippen LogP contribution is 2.28. The van der Waals surface area contributed by atoms with E-state index in [2.05, 4.69) is 5.32 Å². The van der Waals surface area contributed by atoms with Crippen LogP contribution in [-0.2, 0) is 14.6 Å². The molecule has 0 fully saturated rings. The molecule has 0 saturated carbocycles. The number of anilines is 1. The van der Waals surface area contributed by atoms with Gasteiger partial charge in [0.25, 0.3) is 5.91 Å². The van der Waals surface area contributed by atoms with E-state index in [0.717, 1.165) is 5.56 Å². The van der Waals surface area contributed by atoms with E-state index in [1.807, 2.05) is 6.92 Å². The van der Waals surface area contributed by atoms with Crippen molar-refractivity contribution in [3.8, 4) is 16.9 Å². The Bertz CT molecular complexity index is 1240. The van der Waals surface area contributed by atoms with Gasteiger partial charge in [0.2, 0.25) is 0 Å². The van der Waals surface area contributed by atoms with Gasteiger partial charge >= 0.3 is 0 Å². The molecule has 3 rings (SSSR count). The van der Waals surface area contributed by atoms with Gasteiger partial charge in [-0.25, -0.2) is 8.42 Å². The van der Waals surface area contributed by atoms with Crippen LogP contribution in [-0.4, -0.2) is 32.5 Å². The first-order valence-electron chi connectivity index (χ1n) is 10.0. The smallest absolute Gasteiger partial charge is 0.265 e. The summed E-state index contributed by atoms with van der Waals surface area (Å²) in [5.41, 5.74) is 7.93. The van der Waals surface area contributed by atoms with E-state index in [9.17, 15) is 13.2 Å². The van der Waals surface area contributed by atoms with Crippen LogP contribution in [0.25, 0.3) is 11.1 Å². The second kappa shape index (κ2) is 9.65. The van der Waals surface area contributed by atoms with Crippen molar-refractivity contribution in [2.45, 2.75) is 24.3 Å². The molecule has 4 N–H and O–H groups in total. The number of nitrogens with one attached hydrogen (secondary N) is 2. The Kier molecular flexibility index (Phi) is 6.95. The number of rotatable bonds is 8. The molecule has 3 aromatic rings. The number of nitrogens with two attached hydrogens (primary N) is 1. The second-order valence-corrected chi connectivity index (χ2v) is 9.28. The Morgan fingerprint density at radius 2 is 1.75 bits per heavy atom. The lowest BCUT2D eigenvalue weighted by Gasteiger charge is -2.18. The molecular formula is C24H25N3O4S. The van der Waals surface area contributed by atoms with Crippen molar-refractivity contribution in [2.24, 2.45) is 5.73 Å². The average Bonchev–Trinajstić information content (AvgIpc) is 2.77. The second-order valence-electron chi connectivity index (χ2n) is 7.29. The molecule has 1 amide bonds. The lowest BCUT2D eigenvalue weighted by atomic mass is 10.1. The molecule has 0 aliphatic rings. The van der Waals surface area contributed by atoms with Gasteiger partial charge in [0.05, 0.1) is 4.90 Å². The number of sulfone groups is 1. The van der Waals surface area contributed by atoms with Crippen molar-refractivity contribution < 1.29 is 17.9 Å². The normalized spacial score (nSPS) is 12.1. The fraction of sp³-hybridized carbons (Fsp3) is 0.167. The maximum atomic E-state index is 12.7. The zero-order valence-electron chi connectivity index (χ0n) is 17.8. The number of carbonyl (C=O) groups is 1. The van der Waals surface area contributed by atoms with Crippen LogP contribution < -0.4 is 15.8 Å². The Hall–Kier alpha value is -3.65. The first-order chi connectivity index (χ1) is 15.2. The van der Waals surface area contributed by atoms with Crippen LogP contribution in [0.5, 0.6) is 5.75 Å². The molecule has 32 heavy (non-hydrogen) atoms. The quantitative estimate of drug-likeness (QED) is 0.355. The number of nitrogen functional groups attached to an aromatic ring is 1. The summed E-state index contributed by atoms with van der Waals surface area (Å²) < 4.78 is 29.9. The van der Waals surface area contributed by atoms with Crippen LogP contribution in [0.15, 0.2) is 77.7 Å². The molecule has 166 valence electrons. The van der Waals surface area contributed by atoms with Crippen molar-refractivity contribution in [2.75, 3.05) is 11.6 Å². The SMILES string of the molecule is CCC(Oc1cccc(C(=N)N)c1)C(=O)Nc1ccc(-c2ccccc2S(C)(=O)=O)cc1. The summed E-state index contributed by atoms with van der Waals surface area (Å²) in [5, 5.41) is 10.4. The van der Waals surface area contributed by atoms with E-state index in [4.69, 9.17) is 15.9 Å². The summed E-state index contributed by atoms with van der Waals surface area (Å²) >= 11 is 0. The Morgan fingerprint density at radius 1 is 1.06 bits per heavy atom. The predicted octanol–water partition coefficient (Wildman–Crippen LogP) is 3.84. The van der Waals surface area contributed by atoms with Gasteiger partial charge in [0, 0.05) is 23.1 Å². The van der Waals surface area contributed by atoms with Gasteiger partial charge in [-0.15, -0.1) is 0 Å². The van der Waals surface area contributed by atoms with Crippen LogP contribution in [0, 0.1) is 5.41 Å². The van der Waals surface area contributed by atoms with Gasteiger partial charge in [-0.05, 0) is 42.3 Å². The fourth-order valence-electron chi connectivity index (χ4n) is 3.21. The maximum absolute atomic E-state index is 12.7. The van der Waals surface area contributed by atoms with Gasteiger partial charge in [0.15, 0.2) is 15.9 Å². The summed E-state index contributed by atoms with van der Waals surface area (Å²) in [6, 6.07) is 20.5. The lowest BCUT2D eigenvalue weighted by molar-refractivity contribution is -0.122. The summed E-state index contributed by atoms with van der Waals surface area (Å²) in [6.07, 6.45) is 0.885. The molecule has 8 heteroatoms. The van der Waals surface area contributed by atoms with Gasteiger partial charge in [-0.1, -0.05) is 49.4 Å². The van der Waals surface area contributed by atoms with Gasteiger partial charge in [0.1, 0.15) is 11.6 Å². The van der Waals surface area contributed by atoms with Crippen LogP contribution >= 0.6 is 0 Å². The first-order valence-corrected chi connectivity index (χ1v) is 11.9. The fourth-order valence-corrected chi connectivity index (χ4v) is 4.12. The average molecular weight is 452 g/mol. The minimum Gasteiger partial charge on any atom is -0.481 e. The molecular weight excluding hydrogens is 426 g/mol. The maximum Gasteiger partial charge on any atom is 0.265 e. The zero-order chi connectivity index (χ0) is 23.3. The Balaban J connectivity index is 1.74. The minimum absolute atomic E-state index is 0.0783. The van der Waals surface area contributed by atoms with Crippen molar-refractivity contribution in [3.63, 3.8) is 0 Å². The molecule has 0 bridgehead atoms. The van der Waals surface area contributed by atoms with Gasteiger partial charge in [-0.2, -0.15) is 0 Å². The zero-order valence-corrected chi connectivity index (χ0v) is 18.6. The number of amidine groups is 1. The molecule has 1 atom stereocenters. The van der Waals surface area contributed by atoms with Crippen molar-refractivity contribution in [3.05, 3.63) is 78.4 Å². The topological polar surface area (TPSA) is 122 Å². The number of amides is 1. The molecule has 0 spiro atoms. The summed E-state index contributed by atoms with van der Waals surface area (Å²) in [6.45, 7) is 1.84. The van der Waals surface area contributed by atoms with Crippen LogP contribution in [0.3, 0.4) is 0 Å². The molecule has 1 unspecified atom stereocenters. The highest BCUT2D eigenvalue weighted by molar-refractivity contribution is 7.90. The van der Waals surface area contributed by atoms with Crippen molar-refractivity contribution >= 4 is 27.3 Å². The molecule has 3 aromatic carbocycles. The number of hydrogen-bond acceptors (Lipinski definition) is 5. The predicted molar refractivity (Wildman–Crippen MR) is 126 cm³/mol. The lowest BCUT2D eigenvalue weighted by Crippen LogP contribution is -2.32. The monoisotopic (exact) mass is 451 g/mol. The molecule has 0 aromatic heterocycles. The highest BCUT2D eigenvalue weighted by atomic mass is 32.2. The summed E-state index contributed by atoms with van der Waals surface area (Å²) in [7, 11) is -3.37. The Labute approximate surface area is 187 Å². The number of benzene rings is 3. The van der Waals surface area contributed by atoms with Crippen molar-refractivity contribution in [1.82, 2.24) is 0 Å². The van der Waals surface area contributed by atoms with Crippen LogP contribution in [0.1, 0.15) is 18.9 Å². The van der Waals surface area contributed by atoms with E-state index in [-0.39, 0.29) is 16.6 Å². The number of carbonyl (C=O) groups excluding carboxylic acids is 1. The molecule has 7 nitrogen and oxygen atoms in total. The van der Waals surface area contributed by atoms with Gasteiger partial charge in [-0.3, -0.25) is 10.2 Å². The number of hydrogen-bond donors (Lipinski definition) is 3. The van der Waals surface area contributed by atoms with Crippen LogP contribution in [0.2, 0.25) is 0 Å². The number of ether oxygens (including phenoxy) is 1. The van der Waals surface area contributed by atoms with E-state index < -0.39 is 15.9 Å². The summed E-state index contributed by atoms with van der Waals surface area (Å²) in [5.74, 6) is 0.0583. The van der Waals surface area contributed by atoms with E-state index in [1.54, 1.807) is 72.8 Å². The van der Waals surface area contributed by atoms with E-state index in [1.165, 1.54) is 6.26 Å². The Morgan fingerprint density at radius 3 is 2.38 bits per heavy atom. The summed E-state index contributed by atoms with van der Waals surface area (Å²) in [4.78, 5) is 13.0. The third kappa shape index (κ3) is 5.53. The van der Waals surface area contributed by atoms with E-state index in [0.29, 0.717) is 29.0 Å². The standard InChI is InChI=1S/C24H25N3O4S/c1-3-21(31-19-8-6-7-17(15-19)23(25)26)24(28)27-18-13-11-16(12-14-18)20-9-4-5-10-22(20)32(2,29)30/h4-15,21H,3H2,1-2H3,(H3,25,26)(H,27,28). The molecule has 0 heterocycles. The third-order valence-electron chi connectivity index (χ3n) is 4.84. The largest absolute Gasteiger partial charge is 0.481 e. The minimum atomic E-state index is -3.37. The molecule has 0 saturated heterocycles. The highest BCUT2D eigenvalue weighted by Gasteiger charge is 2.19. The van der Waals surface area contributed by atoms with Crippen molar-refractivity contribution in [1.29, 1.82) is 5.41 Å². The van der Waals surface area contributed by atoms with E-state index >= 15 is 0 Å². The van der Waals surface area contributed by atoms with Crippen LogP contribution in [0.4, 0.5) is 5.69 Å². The van der Waals surface area contributed by atoms with Gasteiger partial charge < -0.3 is 15.8 Å². The third-order valence-corrected chi connectivity index (χ3v) is 5.99.